The highest BCUT2D eigenvalue weighted by atomic mass is 16.5. The fraction of sp³-hybridized carbons (Fsp3) is 0.455. The SMILES string of the molecule is C[C@H](OC(=O)c1ccccc1NCc1ccco1)C(=O)NC1CCCCCC1. The number of benzene rings is 1. The van der Waals surface area contributed by atoms with Gasteiger partial charge in [0.15, 0.2) is 6.10 Å². The van der Waals surface area contributed by atoms with Gasteiger partial charge in [-0.15, -0.1) is 0 Å². The first-order chi connectivity index (χ1) is 13.6. The zero-order valence-corrected chi connectivity index (χ0v) is 16.3. The molecule has 6 nitrogen and oxygen atoms in total. The van der Waals surface area contributed by atoms with Crippen LogP contribution in [0.1, 0.15) is 61.6 Å². The first kappa shape index (κ1) is 20.0. The van der Waals surface area contributed by atoms with E-state index in [-0.39, 0.29) is 11.9 Å². The molecule has 0 unspecified atom stereocenters. The lowest BCUT2D eigenvalue weighted by Crippen LogP contribution is -2.41. The van der Waals surface area contributed by atoms with Crippen molar-refractivity contribution in [3.63, 3.8) is 0 Å². The number of rotatable bonds is 7. The number of carbonyl (C=O) groups is 2. The molecular formula is C22H28N2O4. The van der Waals surface area contributed by atoms with Crippen LogP contribution in [0, 0.1) is 0 Å². The van der Waals surface area contributed by atoms with Gasteiger partial charge in [-0.1, -0.05) is 37.8 Å². The number of anilines is 1. The smallest absolute Gasteiger partial charge is 0.341 e. The monoisotopic (exact) mass is 384 g/mol. The van der Waals surface area contributed by atoms with E-state index in [4.69, 9.17) is 9.15 Å². The maximum Gasteiger partial charge on any atom is 0.341 e. The Bertz CT molecular complexity index is 765. The van der Waals surface area contributed by atoms with E-state index in [1.807, 2.05) is 18.2 Å². The molecule has 0 aliphatic heterocycles. The average Bonchev–Trinajstić information content (AvgIpc) is 3.10. The summed E-state index contributed by atoms with van der Waals surface area (Å²) in [6, 6.07) is 10.9. The zero-order valence-electron chi connectivity index (χ0n) is 16.3. The summed E-state index contributed by atoms with van der Waals surface area (Å²) in [6.45, 7) is 2.07. The van der Waals surface area contributed by atoms with E-state index >= 15 is 0 Å². The standard InChI is InChI=1S/C22H28N2O4/c1-16(21(25)24-17-9-4-2-3-5-10-17)28-22(26)19-12-6-7-13-20(19)23-15-18-11-8-14-27-18/h6-8,11-14,16-17,23H,2-5,9-10,15H2,1H3,(H,24,25)/t16-/m0/s1. The number of carbonyl (C=O) groups excluding carboxylic acids is 2. The van der Waals surface area contributed by atoms with Crippen molar-refractivity contribution in [3.8, 4) is 0 Å². The van der Waals surface area contributed by atoms with Gasteiger partial charge in [-0.25, -0.2) is 4.79 Å². The van der Waals surface area contributed by atoms with Crippen molar-refractivity contribution >= 4 is 17.6 Å². The molecule has 0 spiro atoms. The van der Waals surface area contributed by atoms with Crippen LogP contribution in [0.3, 0.4) is 0 Å². The minimum atomic E-state index is -0.839. The summed E-state index contributed by atoms with van der Waals surface area (Å²) in [7, 11) is 0. The van der Waals surface area contributed by atoms with Crippen LogP contribution in [0.2, 0.25) is 0 Å². The van der Waals surface area contributed by atoms with Crippen LogP contribution >= 0.6 is 0 Å². The Labute approximate surface area is 165 Å². The summed E-state index contributed by atoms with van der Waals surface area (Å²) < 4.78 is 10.7. The number of ether oxygens (including phenoxy) is 1. The van der Waals surface area contributed by atoms with E-state index in [1.165, 1.54) is 12.8 Å². The minimum Gasteiger partial charge on any atom is -0.467 e. The van der Waals surface area contributed by atoms with E-state index in [1.54, 1.807) is 31.4 Å². The fourth-order valence-corrected chi connectivity index (χ4v) is 3.43. The second kappa shape index (κ2) is 9.97. The quantitative estimate of drug-likeness (QED) is 0.550. The summed E-state index contributed by atoms with van der Waals surface area (Å²) >= 11 is 0. The topological polar surface area (TPSA) is 80.6 Å². The molecule has 1 aliphatic rings. The number of amides is 1. The summed E-state index contributed by atoms with van der Waals surface area (Å²) in [5, 5.41) is 6.21. The zero-order chi connectivity index (χ0) is 19.8. The number of esters is 1. The van der Waals surface area contributed by atoms with E-state index in [0.29, 0.717) is 17.8 Å². The van der Waals surface area contributed by atoms with E-state index in [9.17, 15) is 9.59 Å². The molecule has 2 aromatic rings. The maximum absolute atomic E-state index is 12.6. The van der Waals surface area contributed by atoms with Gasteiger partial charge >= 0.3 is 5.97 Å². The summed E-state index contributed by atoms with van der Waals surface area (Å²) in [5.41, 5.74) is 1.03. The van der Waals surface area contributed by atoms with Crippen molar-refractivity contribution in [2.24, 2.45) is 0 Å². The highest BCUT2D eigenvalue weighted by Gasteiger charge is 2.23. The highest BCUT2D eigenvalue weighted by molar-refractivity contribution is 5.97. The molecule has 150 valence electrons. The van der Waals surface area contributed by atoms with E-state index in [2.05, 4.69) is 10.6 Å². The molecule has 3 rings (SSSR count). The molecule has 1 aromatic carbocycles. The van der Waals surface area contributed by atoms with Crippen LogP contribution < -0.4 is 10.6 Å². The Morgan fingerprint density at radius 2 is 1.86 bits per heavy atom. The van der Waals surface area contributed by atoms with Gasteiger partial charge in [-0.05, 0) is 44.0 Å². The van der Waals surface area contributed by atoms with Crippen molar-refractivity contribution in [1.82, 2.24) is 5.32 Å². The first-order valence-electron chi connectivity index (χ1n) is 10.00. The van der Waals surface area contributed by atoms with Crippen molar-refractivity contribution in [2.45, 2.75) is 64.1 Å². The molecule has 28 heavy (non-hydrogen) atoms. The highest BCUT2D eigenvalue weighted by Crippen LogP contribution is 2.19. The Morgan fingerprint density at radius 3 is 2.57 bits per heavy atom. The van der Waals surface area contributed by atoms with Crippen LogP contribution in [0.25, 0.3) is 0 Å². The van der Waals surface area contributed by atoms with Crippen molar-refractivity contribution in [1.29, 1.82) is 0 Å². The molecule has 2 N–H and O–H groups in total. The van der Waals surface area contributed by atoms with Crippen molar-refractivity contribution in [3.05, 3.63) is 54.0 Å². The van der Waals surface area contributed by atoms with Gasteiger partial charge in [0.2, 0.25) is 0 Å². The van der Waals surface area contributed by atoms with Crippen LogP contribution in [-0.4, -0.2) is 24.0 Å². The number of furan rings is 1. The third-order valence-corrected chi connectivity index (χ3v) is 5.03. The lowest BCUT2D eigenvalue weighted by molar-refractivity contribution is -0.129. The molecule has 1 fully saturated rings. The molecule has 1 aliphatic carbocycles. The van der Waals surface area contributed by atoms with Gasteiger partial charge in [0.25, 0.3) is 5.91 Å². The lowest BCUT2D eigenvalue weighted by atomic mass is 10.1. The normalized spacial score (nSPS) is 16.0. The maximum atomic E-state index is 12.6. The molecular weight excluding hydrogens is 356 g/mol. The molecule has 1 atom stereocenters. The first-order valence-corrected chi connectivity index (χ1v) is 10.00. The molecule has 1 saturated carbocycles. The summed E-state index contributed by atoms with van der Waals surface area (Å²) in [4.78, 5) is 25.1. The van der Waals surface area contributed by atoms with Crippen LogP contribution in [-0.2, 0) is 16.1 Å². The van der Waals surface area contributed by atoms with Gasteiger partial charge in [0.05, 0.1) is 18.4 Å². The predicted octanol–water partition coefficient (Wildman–Crippen LogP) is 4.28. The molecule has 6 heteroatoms. The third-order valence-electron chi connectivity index (χ3n) is 5.03. The second-order valence-electron chi connectivity index (χ2n) is 7.22. The Balaban J connectivity index is 1.56. The largest absolute Gasteiger partial charge is 0.467 e. The Kier molecular flexibility index (Phi) is 7.12. The fourth-order valence-electron chi connectivity index (χ4n) is 3.43. The average molecular weight is 384 g/mol. The molecule has 1 aromatic heterocycles. The van der Waals surface area contributed by atoms with E-state index in [0.717, 1.165) is 31.4 Å². The Hall–Kier alpha value is -2.76. The third kappa shape index (κ3) is 5.62. The molecule has 0 saturated heterocycles. The van der Waals surface area contributed by atoms with Gasteiger partial charge in [0.1, 0.15) is 5.76 Å². The van der Waals surface area contributed by atoms with Gasteiger partial charge in [-0.3, -0.25) is 4.79 Å². The number of para-hydroxylation sites is 1. The molecule has 1 heterocycles. The van der Waals surface area contributed by atoms with Crippen LogP contribution in [0.15, 0.2) is 47.1 Å². The minimum absolute atomic E-state index is 0.179. The van der Waals surface area contributed by atoms with Crippen LogP contribution in [0.5, 0.6) is 0 Å². The number of hydrogen-bond donors (Lipinski definition) is 2. The van der Waals surface area contributed by atoms with E-state index < -0.39 is 12.1 Å². The number of nitrogens with one attached hydrogen (secondary N) is 2. The Morgan fingerprint density at radius 1 is 1.11 bits per heavy atom. The molecule has 0 bridgehead atoms. The van der Waals surface area contributed by atoms with Gasteiger partial charge < -0.3 is 19.8 Å². The molecule has 1 amide bonds. The van der Waals surface area contributed by atoms with Crippen molar-refractivity contribution < 1.29 is 18.7 Å². The van der Waals surface area contributed by atoms with Gasteiger partial charge in [0, 0.05) is 11.7 Å². The van der Waals surface area contributed by atoms with Crippen LogP contribution in [0.4, 0.5) is 5.69 Å². The summed E-state index contributed by atoms with van der Waals surface area (Å²) in [5.74, 6) is 0.00616. The predicted molar refractivity (Wildman–Crippen MR) is 107 cm³/mol. The second-order valence-corrected chi connectivity index (χ2v) is 7.22. The lowest BCUT2D eigenvalue weighted by Gasteiger charge is -2.20. The number of hydrogen-bond acceptors (Lipinski definition) is 5. The summed E-state index contributed by atoms with van der Waals surface area (Å²) in [6.07, 6.45) is 7.46. The van der Waals surface area contributed by atoms with Gasteiger partial charge in [-0.2, -0.15) is 0 Å². The van der Waals surface area contributed by atoms with Crippen molar-refractivity contribution in [2.75, 3.05) is 5.32 Å². The molecule has 0 radical (unpaired) electrons.